The molecule has 0 amide bonds. The number of nitrogens with zero attached hydrogens (tertiary/aromatic N) is 9. The highest BCUT2D eigenvalue weighted by atomic mass is 16.2. The standard InChI is InChI=1S/C26H30N10O/c1-5-6-9-19-16-35(24-31-28-17-36(24)26(2,3)4)25(37)34(19)15-18-12-13-22(27-14-18)20-10-7-8-11-21(20)23-29-32-33-30-23/h7-8,10-14,16-17H,5-6,9,15H2,1-4H3,(H,29,30,32,33). The van der Waals surface area contributed by atoms with E-state index in [-0.39, 0.29) is 11.2 Å². The SMILES string of the molecule is CCCCc1cn(-c2nncn2C(C)(C)C)c(=O)n1Cc1ccc(-c2ccccc2-c2nn[nH]n2)nc1. The molecule has 5 rings (SSSR count). The number of unbranched alkanes of at least 4 members (excludes halogenated alkanes) is 1. The van der Waals surface area contributed by atoms with Gasteiger partial charge in [-0.15, -0.1) is 20.4 Å². The molecule has 1 aromatic carbocycles. The summed E-state index contributed by atoms with van der Waals surface area (Å²) in [4.78, 5) is 18.3. The number of imidazole rings is 1. The summed E-state index contributed by atoms with van der Waals surface area (Å²) in [5, 5.41) is 22.7. The highest BCUT2D eigenvalue weighted by Gasteiger charge is 2.22. The average Bonchev–Trinajstić information content (AvgIpc) is 3.65. The van der Waals surface area contributed by atoms with E-state index in [2.05, 4.69) is 58.5 Å². The van der Waals surface area contributed by atoms with Gasteiger partial charge in [0, 0.05) is 34.8 Å². The van der Waals surface area contributed by atoms with Crippen molar-refractivity contribution in [2.45, 2.75) is 59.0 Å². The summed E-state index contributed by atoms with van der Waals surface area (Å²) < 4.78 is 5.33. The van der Waals surface area contributed by atoms with Crippen molar-refractivity contribution in [1.82, 2.24) is 49.5 Å². The Hall–Kier alpha value is -4.41. The first-order chi connectivity index (χ1) is 17.9. The fourth-order valence-electron chi connectivity index (χ4n) is 4.30. The predicted molar refractivity (Wildman–Crippen MR) is 139 cm³/mol. The van der Waals surface area contributed by atoms with Gasteiger partial charge in [-0.1, -0.05) is 43.7 Å². The summed E-state index contributed by atoms with van der Waals surface area (Å²) in [6.07, 6.45) is 8.19. The van der Waals surface area contributed by atoms with Gasteiger partial charge in [0.2, 0.25) is 11.8 Å². The first-order valence-corrected chi connectivity index (χ1v) is 12.4. The second kappa shape index (κ2) is 9.92. The summed E-state index contributed by atoms with van der Waals surface area (Å²) in [6.45, 7) is 8.73. The van der Waals surface area contributed by atoms with Crippen molar-refractivity contribution in [1.29, 1.82) is 0 Å². The van der Waals surface area contributed by atoms with Crippen LogP contribution < -0.4 is 5.69 Å². The quantitative estimate of drug-likeness (QED) is 0.346. The lowest BCUT2D eigenvalue weighted by atomic mass is 10.0. The number of pyridine rings is 1. The van der Waals surface area contributed by atoms with E-state index in [4.69, 9.17) is 4.98 Å². The first kappa shape index (κ1) is 24.3. The molecule has 37 heavy (non-hydrogen) atoms. The molecular formula is C26H30N10O. The topological polar surface area (TPSA) is 125 Å². The van der Waals surface area contributed by atoms with Crippen molar-refractivity contribution in [3.63, 3.8) is 0 Å². The number of rotatable bonds is 8. The molecule has 0 aliphatic rings. The van der Waals surface area contributed by atoms with E-state index < -0.39 is 0 Å². The Morgan fingerprint density at radius 3 is 2.51 bits per heavy atom. The van der Waals surface area contributed by atoms with Crippen LogP contribution in [0.3, 0.4) is 0 Å². The van der Waals surface area contributed by atoms with Crippen molar-refractivity contribution in [3.8, 4) is 28.6 Å². The van der Waals surface area contributed by atoms with Crippen molar-refractivity contribution in [3.05, 3.63) is 76.9 Å². The van der Waals surface area contributed by atoms with Gasteiger partial charge in [-0.05, 0) is 50.5 Å². The van der Waals surface area contributed by atoms with Gasteiger partial charge >= 0.3 is 5.69 Å². The number of hydrogen-bond donors (Lipinski definition) is 1. The van der Waals surface area contributed by atoms with Crippen LogP contribution in [0, 0.1) is 0 Å². The number of tetrazole rings is 1. The number of nitrogens with one attached hydrogen (secondary N) is 1. The predicted octanol–water partition coefficient (Wildman–Crippen LogP) is 3.62. The van der Waals surface area contributed by atoms with Gasteiger partial charge in [0.25, 0.3) is 0 Å². The van der Waals surface area contributed by atoms with Crippen molar-refractivity contribution in [2.75, 3.05) is 0 Å². The zero-order chi connectivity index (χ0) is 26.0. The first-order valence-electron chi connectivity index (χ1n) is 12.4. The van der Waals surface area contributed by atoms with Gasteiger partial charge in [-0.25, -0.2) is 9.36 Å². The smallest absolute Gasteiger partial charge is 0.294 e. The molecule has 0 atom stereocenters. The molecule has 0 radical (unpaired) electrons. The average molecular weight is 499 g/mol. The Morgan fingerprint density at radius 1 is 1.03 bits per heavy atom. The minimum Gasteiger partial charge on any atom is -0.294 e. The number of hydrogen-bond acceptors (Lipinski definition) is 7. The van der Waals surface area contributed by atoms with E-state index in [1.165, 1.54) is 0 Å². The molecule has 11 heteroatoms. The second-order valence-electron chi connectivity index (χ2n) is 9.97. The van der Waals surface area contributed by atoms with E-state index >= 15 is 0 Å². The van der Waals surface area contributed by atoms with Gasteiger partial charge in [-0.3, -0.25) is 14.1 Å². The molecule has 0 spiro atoms. The second-order valence-corrected chi connectivity index (χ2v) is 9.97. The summed E-state index contributed by atoms with van der Waals surface area (Å²) in [5.74, 6) is 1.03. The Labute approximate surface area is 214 Å². The van der Waals surface area contributed by atoms with E-state index in [1.54, 1.807) is 15.5 Å². The maximum absolute atomic E-state index is 13.6. The Balaban J connectivity index is 1.48. The summed E-state index contributed by atoms with van der Waals surface area (Å²) in [7, 11) is 0. The molecule has 11 nitrogen and oxygen atoms in total. The van der Waals surface area contributed by atoms with Crippen molar-refractivity contribution < 1.29 is 0 Å². The molecule has 0 unspecified atom stereocenters. The molecule has 190 valence electrons. The maximum Gasteiger partial charge on any atom is 0.335 e. The molecule has 5 aromatic rings. The van der Waals surface area contributed by atoms with Crippen molar-refractivity contribution in [2.24, 2.45) is 0 Å². The molecule has 4 heterocycles. The van der Waals surface area contributed by atoms with Gasteiger partial charge in [0.1, 0.15) is 6.33 Å². The Kier molecular flexibility index (Phi) is 6.51. The van der Waals surface area contributed by atoms with Crippen LogP contribution in [-0.4, -0.2) is 49.5 Å². The third-order valence-electron chi connectivity index (χ3n) is 6.27. The molecule has 0 aliphatic carbocycles. The summed E-state index contributed by atoms with van der Waals surface area (Å²) in [5.41, 5.74) is 4.02. The van der Waals surface area contributed by atoms with Crippen LogP contribution in [-0.2, 0) is 18.5 Å². The van der Waals surface area contributed by atoms with Crippen LogP contribution in [0.2, 0.25) is 0 Å². The molecular weight excluding hydrogens is 468 g/mol. The Bertz CT molecular complexity index is 1540. The molecule has 4 aromatic heterocycles. The highest BCUT2D eigenvalue weighted by molar-refractivity contribution is 5.78. The van der Waals surface area contributed by atoms with Gasteiger partial charge < -0.3 is 0 Å². The minimum absolute atomic E-state index is 0.142. The highest BCUT2D eigenvalue weighted by Crippen LogP contribution is 2.28. The van der Waals surface area contributed by atoms with Crippen LogP contribution in [0.25, 0.3) is 28.6 Å². The van der Waals surface area contributed by atoms with E-state index in [0.717, 1.165) is 47.3 Å². The molecule has 0 fully saturated rings. The zero-order valence-corrected chi connectivity index (χ0v) is 21.5. The third kappa shape index (κ3) is 4.84. The molecule has 0 aliphatic heterocycles. The lowest BCUT2D eigenvalue weighted by Crippen LogP contribution is -2.30. The molecule has 0 saturated carbocycles. The van der Waals surface area contributed by atoms with E-state index in [9.17, 15) is 4.79 Å². The fourth-order valence-corrected chi connectivity index (χ4v) is 4.30. The van der Waals surface area contributed by atoms with Crippen LogP contribution >= 0.6 is 0 Å². The lowest BCUT2D eigenvalue weighted by Gasteiger charge is -2.21. The van der Waals surface area contributed by atoms with Crippen molar-refractivity contribution >= 4 is 0 Å². The largest absolute Gasteiger partial charge is 0.335 e. The normalized spacial score (nSPS) is 11.8. The van der Waals surface area contributed by atoms with Gasteiger partial charge in [0.15, 0.2) is 0 Å². The fraction of sp³-hybridized carbons (Fsp3) is 0.346. The number of benzene rings is 1. The van der Waals surface area contributed by atoms with E-state index in [1.807, 2.05) is 53.4 Å². The Morgan fingerprint density at radius 2 is 1.84 bits per heavy atom. The molecule has 0 saturated heterocycles. The number of H-pyrrole nitrogens is 1. The summed E-state index contributed by atoms with van der Waals surface area (Å²) in [6, 6.07) is 11.8. The molecule has 0 bridgehead atoms. The zero-order valence-electron chi connectivity index (χ0n) is 21.5. The monoisotopic (exact) mass is 498 g/mol. The van der Waals surface area contributed by atoms with Gasteiger partial charge in [0.05, 0.1) is 12.2 Å². The summed E-state index contributed by atoms with van der Waals surface area (Å²) >= 11 is 0. The van der Waals surface area contributed by atoms with Crippen LogP contribution in [0.4, 0.5) is 0 Å². The minimum atomic E-state index is -0.262. The maximum atomic E-state index is 13.6. The van der Waals surface area contributed by atoms with E-state index in [0.29, 0.717) is 18.3 Å². The number of aromatic amines is 1. The third-order valence-corrected chi connectivity index (χ3v) is 6.27. The molecule has 1 N–H and O–H groups in total. The number of aryl methyl sites for hydroxylation is 1. The van der Waals surface area contributed by atoms with Crippen LogP contribution in [0.15, 0.2) is 59.9 Å². The van der Waals surface area contributed by atoms with Gasteiger partial charge in [-0.2, -0.15) is 5.21 Å². The lowest BCUT2D eigenvalue weighted by molar-refractivity contribution is 0.389. The van der Waals surface area contributed by atoms with Crippen LogP contribution in [0.1, 0.15) is 51.8 Å². The van der Waals surface area contributed by atoms with Crippen LogP contribution in [0.5, 0.6) is 0 Å². The number of aromatic nitrogens is 10.